The van der Waals surface area contributed by atoms with Gasteiger partial charge in [-0.1, -0.05) is 23.9 Å². The number of amidine groups is 1. The van der Waals surface area contributed by atoms with Gasteiger partial charge in [0.25, 0.3) is 11.8 Å². The third-order valence-corrected chi connectivity index (χ3v) is 7.75. The molecule has 2 aromatic carbocycles. The van der Waals surface area contributed by atoms with Crippen molar-refractivity contribution < 1.29 is 22.8 Å². The molecule has 1 fully saturated rings. The Morgan fingerprint density at radius 1 is 1.06 bits per heavy atom. The van der Waals surface area contributed by atoms with Gasteiger partial charge < -0.3 is 15.5 Å². The van der Waals surface area contributed by atoms with Crippen molar-refractivity contribution in [2.24, 2.45) is 10.1 Å². The molecule has 0 aliphatic carbocycles. The number of nitrogens with zero attached hydrogens (tertiary/aromatic N) is 2. The molecule has 3 amide bonds. The zero-order valence-electron chi connectivity index (χ0n) is 18.8. The topological polar surface area (TPSA) is 151 Å². The lowest BCUT2D eigenvalue weighted by atomic mass is 10.1. The Hall–Kier alpha value is -3.22. The number of thioether (sulfide) groups is 1. The highest BCUT2D eigenvalue weighted by Crippen LogP contribution is 2.29. The lowest BCUT2D eigenvalue weighted by Gasteiger charge is -2.16. The van der Waals surface area contributed by atoms with Crippen molar-refractivity contribution in [3.63, 3.8) is 0 Å². The third-order valence-electron chi connectivity index (χ3n) is 5.61. The van der Waals surface area contributed by atoms with E-state index >= 15 is 0 Å². The van der Waals surface area contributed by atoms with Crippen LogP contribution in [0.15, 0.2) is 58.4 Å². The number of carbonyl (C=O) groups is 3. The molecule has 0 spiro atoms. The molecule has 12 heteroatoms. The van der Waals surface area contributed by atoms with Crippen LogP contribution in [0.25, 0.3) is 0 Å². The minimum Gasteiger partial charge on any atom is -0.351 e. The maximum Gasteiger partial charge on any atom is 0.262 e. The first kappa shape index (κ1) is 24.9. The van der Waals surface area contributed by atoms with Crippen LogP contribution in [0.1, 0.15) is 35.2 Å². The summed E-state index contributed by atoms with van der Waals surface area (Å²) in [5, 5.41) is 10.8. The van der Waals surface area contributed by atoms with Gasteiger partial charge in [0.2, 0.25) is 15.9 Å². The number of nitrogens with one attached hydrogen (secondary N) is 2. The largest absolute Gasteiger partial charge is 0.351 e. The summed E-state index contributed by atoms with van der Waals surface area (Å²) in [5.41, 5.74) is 1.63. The number of aliphatic imine (C=N–C) groups is 1. The second kappa shape index (κ2) is 10.6. The predicted octanol–water partition coefficient (Wildman–Crippen LogP) is 1.69. The molecule has 2 aliphatic rings. The molecule has 1 saturated heterocycles. The van der Waals surface area contributed by atoms with Crippen LogP contribution in [0.5, 0.6) is 0 Å². The number of amides is 3. The third kappa shape index (κ3) is 6.47. The molecule has 2 heterocycles. The smallest absolute Gasteiger partial charge is 0.262 e. The SMILES string of the molecule is NS(=O)(=O)c1ccc(CNC(=O)c2ccc(NC(=O)C[C@@H]3SC(N4CCCC4)=NC3=O)cc2)cc1. The number of primary sulfonamides is 1. The molecule has 10 nitrogen and oxygen atoms in total. The van der Waals surface area contributed by atoms with Gasteiger partial charge in [-0.25, -0.2) is 13.6 Å². The number of nitrogens with two attached hydrogens (primary N) is 1. The average molecular weight is 516 g/mol. The Kier molecular flexibility index (Phi) is 7.53. The molecule has 0 aromatic heterocycles. The molecule has 0 saturated carbocycles. The van der Waals surface area contributed by atoms with E-state index in [0.29, 0.717) is 22.0 Å². The van der Waals surface area contributed by atoms with Gasteiger partial charge in [-0.2, -0.15) is 4.99 Å². The fourth-order valence-electron chi connectivity index (χ4n) is 3.72. The van der Waals surface area contributed by atoms with Crippen LogP contribution in [0.3, 0.4) is 0 Å². The summed E-state index contributed by atoms with van der Waals surface area (Å²) >= 11 is 1.34. The minimum absolute atomic E-state index is 0.000612. The standard InChI is InChI=1S/C23H25N5O5S2/c24-35(32,33)18-9-3-15(4-10-18)14-25-21(30)16-5-7-17(8-6-16)26-20(29)13-19-22(31)27-23(34-19)28-11-1-2-12-28/h3-10,19H,1-2,11-14H2,(H,25,30)(H,26,29)(H2,24,32,33)/t19-/m0/s1. The Morgan fingerprint density at radius 3 is 2.34 bits per heavy atom. The lowest BCUT2D eigenvalue weighted by molar-refractivity contribution is -0.121. The summed E-state index contributed by atoms with van der Waals surface area (Å²) in [6, 6.07) is 12.3. The minimum atomic E-state index is -3.77. The summed E-state index contributed by atoms with van der Waals surface area (Å²) in [6.07, 6.45) is 2.19. The van der Waals surface area contributed by atoms with Gasteiger partial charge in [-0.3, -0.25) is 14.4 Å². The highest BCUT2D eigenvalue weighted by Gasteiger charge is 2.33. The highest BCUT2D eigenvalue weighted by atomic mass is 32.2. The molecule has 4 N–H and O–H groups in total. The van der Waals surface area contributed by atoms with Crippen molar-refractivity contribution in [2.75, 3.05) is 18.4 Å². The van der Waals surface area contributed by atoms with Crippen LogP contribution in [0.4, 0.5) is 5.69 Å². The fourth-order valence-corrected chi connectivity index (χ4v) is 5.35. The van der Waals surface area contributed by atoms with Crippen molar-refractivity contribution in [3.8, 4) is 0 Å². The Labute approximate surface area is 207 Å². The van der Waals surface area contributed by atoms with E-state index in [1.54, 1.807) is 36.4 Å². The van der Waals surface area contributed by atoms with E-state index in [4.69, 9.17) is 5.14 Å². The summed E-state index contributed by atoms with van der Waals surface area (Å²) in [5.74, 6) is -0.898. The van der Waals surface area contributed by atoms with E-state index < -0.39 is 15.3 Å². The monoisotopic (exact) mass is 515 g/mol. The maximum atomic E-state index is 12.4. The van der Waals surface area contributed by atoms with Crippen LogP contribution in [-0.4, -0.2) is 54.5 Å². The van der Waals surface area contributed by atoms with E-state index in [-0.39, 0.29) is 35.6 Å². The van der Waals surface area contributed by atoms with Gasteiger partial charge in [-0.15, -0.1) is 0 Å². The van der Waals surface area contributed by atoms with Gasteiger partial charge in [0.1, 0.15) is 5.25 Å². The fraction of sp³-hybridized carbons (Fsp3) is 0.304. The number of sulfonamides is 1. The van der Waals surface area contributed by atoms with Gasteiger partial charge in [0.15, 0.2) is 5.17 Å². The van der Waals surface area contributed by atoms with E-state index in [1.165, 1.54) is 23.9 Å². The van der Waals surface area contributed by atoms with E-state index in [2.05, 4.69) is 20.5 Å². The molecule has 2 aromatic rings. The Morgan fingerprint density at radius 2 is 1.71 bits per heavy atom. The predicted molar refractivity (Wildman–Crippen MR) is 133 cm³/mol. The zero-order chi connectivity index (χ0) is 25.0. The van der Waals surface area contributed by atoms with Crippen molar-refractivity contribution >= 4 is 50.4 Å². The molecule has 0 unspecified atom stereocenters. The molecular formula is C23H25N5O5S2. The normalized spacial score (nSPS) is 17.9. The molecule has 2 aliphatic heterocycles. The van der Waals surface area contributed by atoms with Crippen LogP contribution in [0.2, 0.25) is 0 Å². The van der Waals surface area contributed by atoms with Crippen LogP contribution < -0.4 is 15.8 Å². The molecule has 1 atom stereocenters. The zero-order valence-corrected chi connectivity index (χ0v) is 20.4. The van der Waals surface area contributed by atoms with Gasteiger partial charge in [-0.05, 0) is 54.8 Å². The second-order valence-electron chi connectivity index (χ2n) is 8.23. The molecule has 35 heavy (non-hydrogen) atoms. The van der Waals surface area contributed by atoms with E-state index in [0.717, 1.165) is 25.9 Å². The number of rotatable bonds is 7. The number of hydrogen-bond donors (Lipinski definition) is 3. The number of likely N-dealkylation sites (tertiary alicyclic amines) is 1. The van der Waals surface area contributed by atoms with Crippen molar-refractivity contribution in [2.45, 2.75) is 36.0 Å². The maximum absolute atomic E-state index is 12.4. The average Bonchev–Trinajstić information content (AvgIpc) is 3.48. The molecule has 184 valence electrons. The number of benzene rings is 2. The van der Waals surface area contributed by atoms with Crippen LogP contribution in [-0.2, 0) is 26.2 Å². The first-order valence-corrected chi connectivity index (χ1v) is 13.5. The van der Waals surface area contributed by atoms with Crippen LogP contribution >= 0.6 is 11.8 Å². The van der Waals surface area contributed by atoms with E-state index in [9.17, 15) is 22.8 Å². The molecule has 4 rings (SSSR count). The molecule has 0 radical (unpaired) electrons. The summed E-state index contributed by atoms with van der Waals surface area (Å²) in [4.78, 5) is 43.2. The first-order chi connectivity index (χ1) is 16.7. The molecule has 0 bridgehead atoms. The second-order valence-corrected chi connectivity index (χ2v) is 11.0. The van der Waals surface area contributed by atoms with Gasteiger partial charge >= 0.3 is 0 Å². The lowest BCUT2D eigenvalue weighted by Crippen LogP contribution is -2.25. The number of carbonyl (C=O) groups excluding carboxylic acids is 3. The van der Waals surface area contributed by atoms with Crippen molar-refractivity contribution in [1.29, 1.82) is 0 Å². The van der Waals surface area contributed by atoms with Gasteiger partial charge in [0.05, 0.1) is 4.90 Å². The van der Waals surface area contributed by atoms with Crippen molar-refractivity contribution in [3.05, 3.63) is 59.7 Å². The summed E-state index contributed by atoms with van der Waals surface area (Å²) in [6.45, 7) is 1.99. The van der Waals surface area contributed by atoms with Crippen molar-refractivity contribution in [1.82, 2.24) is 10.2 Å². The molecular weight excluding hydrogens is 490 g/mol. The van der Waals surface area contributed by atoms with E-state index in [1.807, 2.05) is 0 Å². The Bertz CT molecular complexity index is 1250. The summed E-state index contributed by atoms with van der Waals surface area (Å²) in [7, 11) is -3.77. The Balaban J connectivity index is 1.25. The number of hydrogen-bond acceptors (Lipinski definition) is 7. The summed E-state index contributed by atoms with van der Waals surface area (Å²) < 4.78 is 22.6. The first-order valence-electron chi connectivity index (χ1n) is 11.0. The highest BCUT2D eigenvalue weighted by molar-refractivity contribution is 8.15. The van der Waals surface area contributed by atoms with Gasteiger partial charge in [0, 0.05) is 37.3 Å². The van der Waals surface area contributed by atoms with Crippen LogP contribution in [0, 0.1) is 0 Å². The number of anilines is 1. The quantitative estimate of drug-likeness (QED) is 0.507.